The largest absolute Gasteiger partial charge is 0.381 e. The minimum atomic E-state index is -0.145. The van der Waals surface area contributed by atoms with Gasteiger partial charge in [-0.15, -0.1) is 0 Å². The van der Waals surface area contributed by atoms with Crippen molar-refractivity contribution in [3.05, 3.63) is 23.9 Å². The average molecular weight is 279 g/mol. The van der Waals surface area contributed by atoms with Crippen LogP contribution in [0.4, 0.5) is 5.82 Å². The predicted molar refractivity (Wildman–Crippen MR) is 81.0 cm³/mol. The molecule has 1 aromatic rings. The molecule has 0 saturated heterocycles. The van der Waals surface area contributed by atoms with Crippen LogP contribution in [0.15, 0.2) is 18.2 Å². The van der Waals surface area contributed by atoms with Gasteiger partial charge < -0.3 is 15.4 Å². The fourth-order valence-corrected chi connectivity index (χ4v) is 1.63. The van der Waals surface area contributed by atoms with Gasteiger partial charge in [-0.05, 0) is 31.4 Å². The summed E-state index contributed by atoms with van der Waals surface area (Å²) >= 11 is 0. The van der Waals surface area contributed by atoms with Gasteiger partial charge >= 0.3 is 0 Å². The Morgan fingerprint density at radius 2 is 2.20 bits per heavy atom. The van der Waals surface area contributed by atoms with Crippen molar-refractivity contribution in [2.24, 2.45) is 5.92 Å². The number of nitrogens with zero attached hydrogens (tertiary/aromatic N) is 1. The average Bonchev–Trinajstić information content (AvgIpc) is 2.43. The summed E-state index contributed by atoms with van der Waals surface area (Å²) in [6.07, 6.45) is 0.811. The molecule has 1 amide bonds. The van der Waals surface area contributed by atoms with E-state index in [2.05, 4.69) is 29.5 Å². The first-order valence-electron chi connectivity index (χ1n) is 7.20. The summed E-state index contributed by atoms with van der Waals surface area (Å²) in [5.74, 6) is 1.12. The zero-order chi connectivity index (χ0) is 14.8. The number of pyridine rings is 1. The summed E-state index contributed by atoms with van der Waals surface area (Å²) in [5, 5.41) is 5.93. The molecule has 1 aromatic heterocycles. The zero-order valence-corrected chi connectivity index (χ0v) is 12.6. The van der Waals surface area contributed by atoms with Crippen LogP contribution < -0.4 is 10.6 Å². The quantitative estimate of drug-likeness (QED) is 0.681. The zero-order valence-electron chi connectivity index (χ0n) is 12.6. The highest BCUT2D eigenvalue weighted by Gasteiger charge is 2.06. The number of aromatic nitrogens is 1. The number of anilines is 1. The van der Waals surface area contributed by atoms with Crippen molar-refractivity contribution in [2.45, 2.75) is 27.2 Å². The third-order valence-electron chi connectivity index (χ3n) is 2.54. The lowest BCUT2D eigenvalue weighted by molar-refractivity contribution is 0.0920. The molecule has 0 radical (unpaired) electrons. The Morgan fingerprint density at radius 1 is 1.40 bits per heavy atom. The van der Waals surface area contributed by atoms with Crippen molar-refractivity contribution in [2.75, 3.05) is 31.6 Å². The molecule has 112 valence electrons. The number of carbonyl (C=O) groups excluding carboxylic acids is 1. The third kappa shape index (κ3) is 6.52. The number of amides is 1. The topological polar surface area (TPSA) is 63.2 Å². The molecule has 0 bridgehead atoms. The van der Waals surface area contributed by atoms with Crippen LogP contribution in [0.2, 0.25) is 0 Å². The third-order valence-corrected chi connectivity index (χ3v) is 2.54. The summed E-state index contributed by atoms with van der Waals surface area (Å²) in [4.78, 5) is 16.1. The van der Waals surface area contributed by atoms with Gasteiger partial charge in [0.1, 0.15) is 11.5 Å². The van der Waals surface area contributed by atoms with Crippen molar-refractivity contribution < 1.29 is 9.53 Å². The molecular weight excluding hydrogens is 254 g/mol. The van der Waals surface area contributed by atoms with Gasteiger partial charge in [-0.25, -0.2) is 4.98 Å². The van der Waals surface area contributed by atoms with Gasteiger partial charge in [0.15, 0.2) is 0 Å². The van der Waals surface area contributed by atoms with Gasteiger partial charge in [0.05, 0.1) is 0 Å². The minimum Gasteiger partial charge on any atom is -0.381 e. The summed E-state index contributed by atoms with van der Waals surface area (Å²) in [5.41, 5.74) is 0.437. The Balaban J connectivity index is 2.27. The molecule has 0 aliphatic carbocycles. The molecule has 0 spiro atoms. The molecule has 5 nitrogen and oxygen atoms in total. The molecule has 1 heterocycles. The van der Waals surface area contributed by atoms with Crippen molar-refractivity contribution >= 4 is 11.7 Å². The highest BCUT2D eigenvalue weighted by Crippen LogP contribution is 2.04. The van der Waals surface area contributed by atoms with Gasteiger partial charge in [-0.3, -0.25) is 4.79 Å². The van der Waals surface area contributed by atoms with E-state index in [4.69, 9.17) is 4.74 Å². The van der Waals surface area contributed by atoms with Crippen LogP contribution in [-0.2, 0) is 4.74 Å². The summed E-state index contributed by atoms with van der Waals surface area (Å²) in [6.45, 7) is 9.04. The number of carbonyl (C=O) groups is 1. The minimum absolute atomic E-state index is 0.145. The van der Waals surface area contributed by atoms with Crippen LogP contribution in [-0.4, -0.2) is 37.2 Å². The van der Waals surface area contributed by atoms with E-state index in [1.54, 1.807) is 6.07 Å². The van der Waals surface area contributed by atoms with Crippen LogP contribution in [0.5, 0.6) is 0 Å². The first-order valence-corrected chi connectivity index (χ1v) is 7.20. The number of hydrogen-bond acceptors (Lipinski definition) is 4. The molecule has 2 N–H and O–H groups in total. The lowest BCUT2D eigenvalue weighted by Gasteiger charge is -2.08. The summed E-state index contributed by atoms with van der Waals surface area (Å²) in [6, 6.07) is 5.39. The smallest absolute Gasteiger partial charge is 0.269 e. The van der Waals surface area contributed by atoms with Crippen LogP contribution >= 0.6 is 0 Å². The maximum absolute atomic E-state index is 11.9. The van der Waals surface area contributed by atoms with Gasteiger partial charge in [-0.2, -0.15) is 0 Å². The Hall–Kier alpha value is -1.62. The van der Waals surface area contributed by atoms with Crippen LogP contribution in [0.1, 0.15) is 37.7 Å². The monoisotopic (exact) mass is 279 g/mol. The van der Waals surface area contributed by atoms with E-state index in [1.807, 2.05) is 19.1 Å². The molecule has 0 aliphatic rings. The van der Waals surface area contributed by atoms with E-state index in [0.717, 1.165) is 25.4 Å². The Labute approximate surface area is 121 Å². The first-order chi connectivity index (χ1) is 9.63. The normalized spacial score (nSPS) is 10.6. The van der Waals surface area contributed by atoms with Gasteiger partial charge in [-0.1, -0.05) is 19.9 Å². The second-order valence-electron chi connectivity index (χ2n) is 5.02. The fraction of sp³-hybridized carbons (Fsp3) is 0.600. The maximum atomic E-state index is 11.9. The van der Waals surface area contributed by atoms with Crippen molar-refractivity contribution in [3.63, 3.8) is 0 Å². The molecule has 5 heteroatoms. The summed E-state index contributed by atoms with van der Waals surface area (Å²) in [7, 11) is 0. The number of nitrogens with one attached hydrogen (secondary N) is 2. The van der Waals surface area contributed by atoms with E-state index in [9.17, 15) is 4.79 Å². The van der Waals surface area contributed by atoms with Gasteiger partial charge in [0, 0.05) is 26.3 Å². The van der Waals surface area contributed by atoms with Crippen LogP contribution in [0.3, 0.4) is 0 Å². The van der Waals surface area contributed by atoms with Crippen molar-refractivity contribution in [3.8, 4) is 0 Å². The van der Waals surface area contributed by atoms with Gasteiger partial charge in [0.25, 0.3) is 5.91 Å². The predicted octanol–water partition coefficient (Wildman–Crippen LogP) is 2.31. The highest BCUT2D eigenvalue weighted by molar-refractivity contribution is 5.92. The van der Waals surface area contributed by atoms with Gasteiger partial charge in [0.2, 0.25) is 0 Å². The standard InChI is InChI=1S/C15H25N3O2/c1-4-16-14-8-5-7-13(18-14)15(19)17-9-6-10-20-11-12(2)3/h5,7-8,12H,4,6,9-11H2,1-3H3,(H,16,18)(H,17,19). The molecule has 1 rings (SSSR count). The number of ether oxygens (including phenoxy) is 1. The first kappa shape index (κ1) is 16.4. The molecule has 20 heavy (non-hydrogen) atoms. The Bertz CT molecular complexity index is 408. The molecule has 0 fully saturated rings. The molecule has 0 aromatic carbocycles. The molecular formula is C15H25N3O2. The molecule has 0 unspecified atom stereocenters. The van der Waals surface area contributed by atoms with E-state index in [1.165, 1.54) is 0 Å². The van der Waals surface area contributed by atoms with E-state index in [-0.39, 0.29) is 5.91 Å². The van der Waals surface area contributed by atoms with Crippen LogP contribution in [0.25, 0.3) is 0 Å². The van der Waals surface area contributed by atoms with E-state index in [0.29, 0.717) is 24.8 Å². The Morgan fingerprint density at radius 3 is 2.90 bits per heavy atom. The highest BCUT2D eigenvalue weighted by atomic mass is 16.5. The second-order valence-corrected chi connectivity index (χ2v) is 5.02. The SMILES string of the molecule is CCNc1cccc(C(=O)NCCCOCC(C)C)n1. The second kappa shape index (κ2) is 9.31. The summed E-state index contributed by atoms with van der Waals surface area (Å²) < 4.78 is 5.46. The lowest BCUT2D eigenvalue weighted by atomic mass is 10.2. The van der Waals surface area contributed by atoms with E-state index >= 15 is 0 Å². The fourth-order valence-electron chi connectivity index (χ4n) is 1.63. The molecule has 0 aliphatic heterocycles. The van der Waals surface area contributed by atoms with E-state index < -0.39 is 0 Å². The lowest BCUT2D eigenvalue weighted by Crippen LogP contribution is -2.26. The maximum Gasteiger partial charge on any atom is 0.269 e. The Kier molecular flexibility index (Phi) is 7.65. The molecule has 0 atom stereocenters. The number of hydrogen-bond donors (Lipinski definition) is 2. The van der Waals surface area contributed by atoms with Crippen molar-refractivity contribution in [1.29, 1.82) is 0 Å². The number of rotatable bonds is 9. The van der Waals surface area contributed by atoms with Crippen molar-refractivity contribution in [1.82, 2.24) is 10.3 Å². The molecule has 0 saturated carbocycles. The van der Waals surface area contributed by atoms with Crippen LogP contribution in [0, 0.1) is 5.92 Å².